The van der Waals surface area contributed by atoms with Crippen LogP contribution in [0, 0.1) is 5.41 Å². The second-order valence-corrected chi connectivity index (χ2v) is 5.36. The van der Waals surface area contributed by atoms with Gasteiger partial charge in [-0.05, 0) is 6.08 Å². The number of rotatable bonds is 3. The molecule has 3 nitrogen and oxygen atoms in total. The van der Waals surface area contributed by atoms with Gasteiger partial charge in [0.2, 0.25) is 0 Å². The third-order valence-electron chi connectivity index (χ3n) is 1.12. The van der Waals surface area contributed by atoms with Gasteiger partial charge in [-0.25, -0.2) is 0 Å². The van der Waals surface area contributed by atoms with Crippen molar-refractivity contribution in [3.05, 3.63) is 12.7 Å². The number of nitrogens with one attached hydrogen (secondary N) is 1. The van der Waals surface area contributed by atoms with Crippen molar-refractivity contribution in [3.63, 3.8) is 0 Å². The number of nitrogens with zero attached hydrogens (tertiary/aromatic N) is 1. The van der Waals surface area contributed by atoms with Gasteiger partial charge in [-0.2, -0.15) is 10.6 Å². The van der Waals surface area contributed by atoms with E-state index in [9.17, 15) is 4.21 Å². The molecule has 0 spiro atoms. The zero-order valence-electron chi connectivity index (χ0n) is 7.76. The highest BCUT2D eigenvalue weighted by Crippen LogP contribution is 2.06. The van der Waals surface area contributed by atoms with Crippen LogP contribution in [0.2, 0.25) is 0 Å². The highest BCUT2D eigenvalue weighted by Gasteiger charge is 2.00. The van der Waals surface area contributed by atoms with Crippen molar-refractivity contribution in [3.8, 4) is 0 Å². The Hall–Kier alpha value is -0.640. The third kappa shape index (κ3) is 4.28. The maximum absolute atomic E-state index is 11.3. The highest BCUT2D eigenvalue weighted by atomic mass is 32.2. The quantitative estimate of drug-likeness (QED) is 0.534. The standard InChI is InChI=1S/C8H15N2OS/c1-5-7(9)6-10-12(11)8(2,3)4/h5,9H,1,6H2,2-4H3/q-1. The molecule has 0 atom stereocenters. The van der Waals surface area contributed by atoms with Crippen molar-refractivity contribution in [1.82, 2.24) is 0 Å². The zero-order chi connectivity index (χ0) is 9.78. The minimum absolute atomic E-state index is 0.188. The van der Waals surface area contributed by atoms with Crippen LogP contribution >= 0.6 is 0 Å². The van der Waals surface area contributed by atoms with E-state index in [0.717, 1.165) is 0 Å². The van der Waals surface area contributed by atoms with Crippen LogP contribution in [0.5, 0.6) is 0 Å². The summed E-state index contributed by atoms with van der Waals surface area (Å²) in [6.45, 7) is 9.16. The lowest BCUT2D eigenvalue weighted by atomic mass is 10.3. The topological polar surface area (TPSA) is 53.3 Å². The lowest BCUT2D eigenvalue weighted by Gasteiger charge is -2.22. The van der Waals surface area contributed by atoms with Crippen LogP contribution in [0.15, 0.2) is 17.0 Å². The van der Waals surface area contributed by atoms with E-state index in [2.05, 4.69) is 10.9 Å². The molecular formula is C8H15N2OS-. The average molecular weight is 187 g/mol. The molecule has 4 heteroatoms. The summed E-state index contributed by atoms with van der Waals surface area (Å²) in [4.78, 5) is 0. The van der Waals surface area contributed by atoms with Crippen LogP contribution in [0.1, 0.15) is 20.8 Å². The molecule has 0 saturated heterocycles. The number of hydrogen-bond donors (Lipinski definition) is 1. The van der Waals surface area contributed by atoms with E-state index in [0.29, 0.717) is 5.71 Å². The maximum Gasteiger partial charge on any atom is 0.0542 e. The van der Waals surface area contributed by atoms with Gasteiger partial charge in [0.1, 0.15) is 0 Å². The molecule has 70 valence electrons. The van der Waals surface area contributed by atoms with E-state index in [4.69, 9.17) is 5.41 Å². The van der Waals surface area contributed by atoms with Crippen molar-refractivity contribution in [1.29, 1.82) is 5.41 Å². The molecule has 0 amide bonds. The lowest BCUT2D eigenvalue weighted by molar-refractivity contribution is 0.580. The Balaban J connectivity index is 4.31. The van der Waals surface area contributed by atoms with Crippen LogP contribution in [-0.2, 0) is 14.8 Å². The predicted molar refractivity (Wildman–Crippen MR) is 53.0 cm³/mol. The van der Waals surface area contributed by atoms with Gasteiger partial charge in [-0.1, -0.05) is 32.1 Å². The fourth-order valence-corrected chi connectivity index (χ4v) is 1.03. The van der Waals surface area contributed by atoms with Crippen molar-refractivity contribution in [2.75, 3.05) is 6.54 Å². The first-order valence-electron chi connectivity index (χ1n) is 3.67. The molecular weight excluding hydrogens is 172 g/mol. The predicted octanol–water partition coefficient (Wildman–Crippen LogP) is 2.14. The maximum atomic E-state index is 11.3. The van der Waals surface area contributed by atoms with E-state index in [-0.39, 0.29) is 11.3 Å². The molecule has 0 aromatic heterocycles. The van der Waals surface area contributed by atoms with Crippen LogP contribution < -0.4 is 0 Å². The van der Waals surface area contributed by atoms with Crippen LogP contribution in [0.4, 0.5) is 0 Å². The minimum atomic E-state index is -1.22. The molecule has 0 heterocycles. The SMILES string of the molecule is C=CC(=N)CN=[S-](=O)C(C)(C)C. The van der Waals surface area contributed by atoms with Gasteiger partial charge in [-0.3, -0.25) is 0 Å². The summed E-state index contributed by atoms with van der Waals surface area (Å²) in [6.07, 6.45) is 1.41. The lowest BCUT2D eigenvalue weighted by Crippen LogP contribution is -2.15. The van der Waals surface area contributed by atoms with E-state index >= 15 is 0 Å². The molecule has 12 heavy (non-hydrogen) atoms. The summed E-state index contributed by atoms with van der Waals surface area (Å²) >= 11 is 0. The normalized spacial score (nSPS) is 14.2. The van der Waals surface area contributed by atoms with E-state index in [1.54, 1.807) is 0 Å². The Kier molecular flexibility index (Phi) is 4.17. The Morgan fingerprint density at radius 2 is 2.17 bits per heavy atom. The summed E-state index contributed by atoms with van der Waals surface area (Å²) < 4.78 is 14.8. The summed E-state index contributed by atoms with van der Waals surface area (Å²) in [7, 11) is -1.22. The monoisotopic (exact) mass is 187 g/mol. The molecule has 0 aromatic carbocycles. The fourth-order valence-electron chi connectivity index (χ4n) is 0.386. The van der Waals surface area contributed by atoms with Gasteiger partial charge in [0.25, 0.3) is 0 Å². The minimum Gasteiger partial charge on any atom is -0.444 e. The molecule has 0 aromatic rings. The highest BCUT2D eigenvalue weighted by molar-refractivity contribution is 7.76. The summed E-state index contributed by atoms with van der Waals surface area (Å²) in [6, 6.07) is 0. The molecule has 0 saturated carbocycles. The second kappa shape index (κ2) is 4.40. The van der Waals surface area contributed by atoms with E-state index < -0.39 is 10.6 Å². The van der Waals surface area contributed by atoms with Crippen LogP contribution in [-0.4, -0.2) is 17.0 Å². The molecule has 0 radical (unpaired) electrons. The largest absolute Gasteiger partial charge is 0.444 e. The first-order chi connectivity index (χ1) is 5.38. The Morgan fingerprint density at radius 3 is 2.50 bits per heavy atom. The van der Waals surface area contributed by atoms with Crippen LogP contribution in [0.25, 0.3) is 0 Å². The average Bonchev–Trinajstić information content (AvgIpc) is 1.97. The molecule has 0 rings (SSSR count). The Labute approximate surface area is 75.6 Å². The van der Waals surface area contributed by atoms with Crippen molar-refractivity contribution >= 4 is 16.3 Å². The second-order valence-electron chi connectivity index (χ2n) is 3.38. The third-order valence-corrected chi connectivity index (χ3v) is 2.53. The molecule has 0 unspecified atom stereocenters. The summed E-state index contributed by atoms with van der Waals surface area (Å²) in [5, 5.41) is 7.19. The first kappa shape index (κ1) is 11.4. The van der Waals surface area contributed by atoms with Crippen molar-refractivity contribution in [2.45, 2.75) is 25.5 Å². The molecule has 0 fully saturated rings. The Morgan fingerprint density at radius 1 is 1.67 bits per heavy atom. The van der Waals surface area contributed by atoms with Gasteiger partial charge >= 0.3 is 0 Å². The molecule has 0 aliphatic carbocycles. The fraction of sp³-hybridized carbons (Fsp3) is 0.625. The molecule has 0 bridgehead atoms. The summed E-state index contributed by atoms with van der Waals surface area (Å²) in [5.41, 5.74) is 0.299. The van der Waals surface area contributed by atoms with Crippen molar-refractivity contribution < 1.29 is 4.21 Å². The van der Waals surface area contributed by atoms with E-state index in [1.807, 2.05) is 20.8 Å². The van der Waals surface area contributed by atoms with E-state index in [1.165, 1.54) is 6.08 Å². The van der Waals surface area contributed by atoms with Gasteiger partial charge in [0, 0.05) is 5.71 Å². The summed E-state index contributed by atoms with van der Waals surface area (Å²) in [5.74, 6) is 0. The van der Waals surface area contributed by atoms with Crippen LogP contribution in [0.3, 0.4) is 0 Å². The Bertz CT molecular complexity index is 257. The molecule has 0 aliphatic heterocycles. The van der Waals surface area contributed by atoms with Gasteiger partial charge in [0.05, 0.1) is 6.54 Å². The van der Waals surface area contributed by atoms with Crippen molar-refractivity contribution in [2.24, 2.45) is 4.36 Å². The number of hydrogen-bond acceptors (Lipinski definition) is 4. The first-order valence-corrected chi connectivity index (χ1v) is 4.78. The smallest absolute Gasteiger partial charge is 0.0542 e. The molecule has 1 N–H and O–H groups in total. The van der Waals surface area contributed by atoms with Gasteiger partial charge in [-0.15, -0.1) is 0 Å². The molecule has 0 aliphatic rings. The van der Waals surface area contributed by atoms with Gasteiger partial charge in [0.15, 0.2) is 0 Å². The zero-order valence-corrected chi connectivity index (χ0v) is 8.57. The van der Waals surface area contributed by atoms with Gasteiger partial charge < -0.3 is 14.0 Å².